The second-order valence-corrected chi connectivity index (χ2v) is 10.7. The molecule has 0 atom stereocenters. The van der Waals surface area contributed by atoms with Gasteiger partial charge in [-0.2, -0.15) is 0 Å². The highest BCUT2D eigenvalue weighted by Gasteiger charge is 2.43. The summed E-state index contributed by atoms with van der Waals surface area (Å²) in [5.41, 5.74) is 2.97. The molecule has 0 fully saturated rings. The van der Waals surface area contributed by atoms with Crippen LogP contribution in [-0.2, 0) is 20.9 Å². The quantitative estimate of drug-likeness (QED) is 0.368. The van der Waals surface area contributed by atoms with Crippen LogP contribution >= 0.6 is 43.5 Å². The molecule has 0 saturated carbocycles. The first-order valence-electron chi connectivity index (χ1n) is 11.0. The van der Waals surface area contributed by atoms with Gasteiger partial charge in [-0.25, -0.2) is 0 Å². The molecule has 4 nitrogen and oxygen atoms in total. The Hall–Kier alpha value is -1.89. The van der Waals surface area contributed by atoms with Crippen LogP contribution in [0.2, 0.25) is 5.02 Å². The molecule has 170 valence electrons. The number of carbonyl (C=O) groups excluding carboxylic acids is 2. The van der Waals surface area contributed by atoms with E-state index in [0.29, 0.717) is 65.7 Å². The maximum atomic E-state index is 13.1. The number of carbonyl (C=O) groups is 2. The van der Waals surface area contributed by atoms with E-state index in [1.165, 1.54) is 0 Å². The minimum absolute atomic E-state index is 0.0472. The van der Waals surface area contributed by atoms with E-state index in [1.54, 1.807) is 0 Å². The van der Waals surface area contributed by atoms with E-state index in [2.05, 4.69) is 31.9 Å². The van der Waals surface area contributed by atoms with Gasteiger partial charge < -0.3 is 9.47 Å². The van der Waals surface area contributed by atoms with Crippen molar-refractivity contribution in [3.05, 3.63) is 84.2 Å². The van der Waals surface area contributed by atoms with E-state index in [9.17, 15) is 9.59 Å². The fourth-order valence-electron chi connectivity index (χ4n) is 4.81. The number of hydrogen-bond donors (Lipinski definition) is 0. The van der Waals surface area contributed by atoms with Crippen LogP contribution in [0.3, 0.4) is 0 Å². The SMILES string of the molecule is O=C1CCCC2=C1C(c1cc(Br)cc(Br)c1OCc1ccc(Cl)cc1)C1=C(CCCC1=O)O2. The van der Waals surface area contributed by atoms with E-state index >= 15 is 0 Å². The summed E-state index contributed by atoms with van der Waals surface area (Å²) >= 11 is 13.3. The molecule has 0 saturated heterocycles. The van der Waals surface area contributed by atoms with Crippen LogP contribution in [0.15, 0.2) is 68.0 Å². The molecular formula is C26H21Br2ClO4. The molecule has 0 aromatic heterocycles. The third-order valence-corrected chi connectivity index (χ3v) is 7.58. The van der Waals surface area contributed by atoms with Crippen molar-refractivity contribution < 1.29 is 19.1 Å². The summed E-state index contributed by atoms with van der Waals surface area (Å²) in [6.07, 6.45) is 3.88. The molecule has 0 bridgehead atoms. The smallest absolute Gasteiger partial charge is 0.163 e. The Labute approximate surface area is 214 Å². The average molecular weight is 593 g/mol. The Morgan fingerprint density at radius 2 is 1.52 bits per heavy atom. The molecule has 0 amide bonds. The molecule has 1 aliphatic heterocycles. The summed E-state index contributed by atoms with van der Waals surface area (Å²) in [7, 11) is 0. The van der Waals surface area contributed by atoms with Gasteiger partial charge in [0.25, 0.3) is 0 Å². The molecule has 3 aliphatic rings. The highest BCUT2D eigenvalue weighted by atomic mass is 79.9. The topological polar surface area (TPSA) is 52.6 Å². The minimum Gasteiger partial charge on any atom is -0.487 e. The molecule has 0 spiro atoms. The largest absolute Gasteiger partial charge is 0.487 e. The Kier molecular flexibility index (Phi) is 6.51. The molecule has 2 aromatic rings. The zero-order valence-corrected chi connectivity index (χ0v) is 21.7. The van der Waals surface area contributed by atoms with Gasteiger partial charge >= 0.3 is 0 Å². The van der Waals surface area contributed by atoms with Gasteiger partial charge in [0.05, 0.1) is 10.4 Å². The second-order valence-electron chi connectivity index (χ2n) is 8.48. The first-order chi connectivity index (χ1) is 15.9. The Morgan fingerprint density at radius 1 is 0.909 bits per heavy atom. The molecular weight excluding hydrogens is 572 g/mol. The second kappa shape index (κ2) is 9.40. The van der Waals surface area contributed by atoms with Gasteiger partial charge in [0.1, 0.15) is 23.9 Å². The number of halogens is 3. The third-order valence-electron chi connectivity index (χ3n) is 6.29. The molecule has 0 N–H and O–H groups in total. The summed E-state index contributed by atoms with van der Waals surface area (Å²) in [6.45, 7) is 0.327. The molecule has 2 aromatic carbocycles. The lowest BCUT2D eigenvalue weighted by Gasteiger charge is -2.36. The van der Waals surface area contributed by atoms with Crippen molar-refractivity contribution in [3.8, 4) is 5.75 Å². The first-order valence-corrected chi connectivity index (χ1v) is 13.0. The lowest BCUT2D eigenvalue weighted by atomic mass is 9.73. The number of Topliss-reactive ketones (excluding diaryl/α,β-unsaturated/α-hetero) is 2. The van der Waals surface area contributed by atoms with Crippen molar-refractivity contribution in [2.75, 3.05) is 0 Å². The van der Waals surface area contributed by atoms with E-state index in [0.717, 1.165) is 32.9 Å². The number of rotatable bonds is 4. The summed E-state index contributed by atoms with van der Waals surface area (Å²) in [5.74, 6) is 1.65. The number of allylic oxidation sites excluding steroid dienone is 4. The predicted octanol–water partition coefficient (Wildman–Crippen LogP) is 7.57. The van der Waals surface area contributed by atoms with Gasteiger partial charge in [0.2, 0.25) is 0 Å². The summed E-state index contributed by atoms with van der Waals surface area (Å²) < 4.78 is 14.1. The lowest BCUT2D eigenvalue weighted by molar-refractivity contribution is -0.117. The molecule has 2 aliphatic carbocycles. The highest BCUT2D eigenvalue weighted by Crippen LogP contribution is 2.51. The maximum Gasteiger partial charge on any atom is 0.163 e. The molecule has 7 heteroatoms. The Bertz CT molecular complexity index is 1170. The van der Waals surface area contributed by atoms with Crippen molar-refractivity contribution in [1.29, 1.82) is 0 Å². The van der Waals surface area contributed by atoms with Crippen LogP contribution in [0.25, 0.3) is 0 Å². The van der Waals surface area contributed by atoms with Gasteiger partial charge in [0, 0.05) is 51.9 Å². The highest BCUT2D eigenvalue weighted by molar-refractivity contribution is 9.11. The van der Waals surface area contributed by atoms with Gasteiger partial charge in [-0.15, -0.1) is 0 Å². The van der Waals surface area contributed by atoms with E-state index in [-0.39, 0.29) is 11.6 Å². The van der Waals surface area contributed by atoms with Crippen molar-refractivity contribution in [2.24, 2.45) is 0 Å². The van der Waals surface area contributed by atoms with Gasteiger partial charge in [0.15, 0.2) is 11.6 Å². The van der Waals surface area contributed by atoms with Crippen molar-refractivity contribution in [3.63, 3.8) is 0 Å². The van der Waals surface area contributed by atoms with E-state index in [1.807, 2.05) is 36.4 Å². The van der Waals surface area contributed by atoms with Gasteiger partial charge in [-0.3, -0.25) is 9.59 Å². The van der Waals surface area contributed by atoms with Gasteiger partial charge in [-0.05, 0) is 58.6 Å². The van der Waals surface area contributed by atoms with Crippen LogP contribution in [0.1, 0.15) is 55.6 Å². The lowest BCUT2D eigenvalue weighted by Crippen LogP contribution is -2.30. The standard InChI is InChI=1S/C26H21Br2ClO4/c27-15-11-17(26(18(28)12-15)32-13-14-7-9-16(29)10-8-14)23-24-19(30)3-1-5-21(24)33-22-6-2-4-20(31)25(22)23/h7-12,23H,1-6,13H2. The molecule has 5 rings (SSSR count). The molecule has 1 heterocycles. The Balaban J connectivity index is 1.63. The van der Waals surface area contributed by atoms with Crippen molar-refractivity contribution in [1.82, 2.24) is 0 Å². The van der Waals surface area contributed by atoms with Crippen LogP contribution < -0.4 is 4.74 Å². The van der Waals surface area contributed by atoms with Crippen LogP contribution in [-0.4, -0.2) is 11.6 Å². The minimum atomic E-state index is -0.488. The van der Waals surface area contributed by atoms with Crippen LogP contribution in [0.5, 0.6) is 5.75 Å². The third kappa shape index (κ3) is 4.45. The zero-order valence-electron chi connectivity index (χ0n) is 17.8. The Morgan fingerprint density at radius 3 is 2.12 bits per heavy atom. The number of ketones is 2. The summed E-state index contributed by atoms with van der Waals surface area (Å²) in [5, 5.41) is 0.664. The predicted molar refractivity (Wildman–Crippen MR) is 133 cm³/mol. The van der Waals surface area contributed by atoms with Crippen LogP contribution in [0, 0.1) is 0 Å². The first kappa shape index (κ1) is 22.9. The molecule has 33 heavy (non-hydrogen) atoms. The number of benzene rings is 2. The summed E-state index contributed by atoms with van der Waals surface area (Å²) in [6, 6.07) is 11.4. The summed E-state index contributed by atoms with van der Waals surface area (Å²) in [4.78, 5) is 26.3. The molecule has 0 unspecified atom stereocenters. The zero-order chi connectivity index (χ0) is 23.1. The maximum absolute atomic E-state index is 13.1. The van der Waals surface area contributed by atoms with Crippen molar-refractivity contribution >= 4 is 55.0 Å². The number of hydrogen-bond acceptors (Lipinski definition) is 4. The fourth-order valence-corrected chi connectivity index (χ4v) is 6.31. The van der Waals surface area contributed by atoms with E-state index in [4.69, 9.17) is 21.1 Å². The van der Waals surface area contributed by atoms with Crippen LogP contribution in [0.4, 0.5) is 0 Å². The molecule has 0 radical (unpaired) electrons. The van der Waals surface area contributed by atoms with Gasteiger partial charge in [-0.1, -0.05) is 39.7 Å². The van der Waals surface area contributed by atoms with E-state index < -0.39 is 5.92 Å². The monoisotopic (exact) mass is 590 g/mol. The average Bonchev–Trinajstić information content (AvgIpc) is 2.78. The van der Waals surface area contributed by atoms with Crippen molar-refractivity contribution in [2.45, 2.75) is 51.0 Å². The normalized spacial score (nSPS) is 18.8. The fraction of sp³-hybridized carbons (Fsp3) is 0.308. The number of ether oxygens (including phenoxy) is 2.